The third-order valence-electron chi connectivity index (χ3n) is 5.45. The molecule has 3 aromatic rings. The number of hydrogen-bond acceptors (Lipinski definition) is 4. The molecule has 2 aromatic carbocycles. The Morgan fingerprint density at radius 3 is 2.64 bits per heavy atom. The van der Waals surface area contributed by atoms with Gasteiger partial charge >= 0.3 is 0 Å². The number of benzene rings is 2. The second-order valence-electron chi connectivity index (χ2n) is 7.19. The minimum atomic E-state index is -0.597. The van der Waals surface area contributed by atoms with Gasteiger partial charge in [0.25, 0.3) is 5.91 Å². The molecule has 1 aromatic heterocycles. The molecule has 3 heterocycles. The zero-order valence-corrected chi connectivity index (χ0v) is 15.0. The van der Waals surface area contributed by atoms with Gasteiger partial charge in [0.2, 0.25) is 11.8 Å². The van der Waals surface area contributed by atoms with E-state index in [1.54, 1.807) is 11.0 Å². The lowest BCUT2D eigenvalue weighted by Crippen LogP contribution is -2.52. The van der Waals surface area contributed by atoms with Crippen molar-refractivity contribution in [1.82, 2.24) is 15.2 Å². The summed E-state index contributed by atoms with van der Waals surface area (Å²) in [5, 5.41) is 4.51. The van der Waals surface area contributed by atoms with Gasteiger partial charge in [-0.05, 0) is 35.6 Å². The first kappa shape index (κ1) is 16.6. The lowest BCUT2D eigenvalue weighted by atomic mass is 10.0. The Labute approximate surface area is 161 Å². The molecule has 1 atom stereocenters. The molecule has 1 N–H and O–H groups in total. The van der Waals surface area contributed by atoms with Crippen molar-refractivity contribution in [3.8, 4) is 11.3 Å². The maximum atomic E-state index is 12.8. The van der Waals surface area contributed by atoms with Crippen molar-refractivity contribution in [2.45, 2.75) is 25.4 Å². The number of fused-ring (bicyclic) bond motifs is 2. The fraction of sp³-hybridized carbons (Fsp3) is 0.182. The molecule has 1 saturated heterocycles. The van der Waals surface area contributed by atoms with E-state index >= 15 is 0 Å². The van der Waals surface area contributed by atoms with Crippen LogP contribution < -0.4 is 5.32 Å². The molecule has 1 unspecified atom stereocenters. The zero-order chi connectivity index (χ0) is 19.3. The highest BCUT2D eigenvalue weighted by molar-refractivity contribution is 6.05. The number of rotatable bonds is 2. The van der Waals surface area contributed by atoms with Gasteiger partial charge in [-0.1, -0.05) is 30.3 Å². The summed E-state index contributed by atoms with van der Waals surface area (Å²) >= 11 is 0. The highest BCUT2D eigenvalue weighted by Crippen LogP contribution is 2.31. The number of nitrogens with zero attached hydrogens (tertiary/aromatic N) is 2. The highest BCUT2D eigenvalue weighted by Gasteiger charge is 2.39. The predicted octanol–water partition coefficient (Wildman–Crippen LogP) is 2.66. The van der Waals surface area contributed by atoms with E-state index < -0.39 is 11.9 Å². The summed E-state index contributed by atoms with van der Waals surface area (Å²) in [5.41, 5.74) is 3.26. The number of pyridine rings is 1. The van der Waals surface area contributed by atoms with Gasteiger partial charge in [-0.15, -0.1) is 0 Å². The second kappa shape index (κ2) is 6.27. The molecule has 2 aliphatic heterocycles. The van der Waals surface area contributed by atoms with Gasteiger partial charge in [0.05, 0.1) is 5.69 Å². The summed E-state index contributed by atoms with van der Waals surface area (Å²) < 4.78 is 0. The van der Waals surface area contributed by atoms with Gasteiger partial charge in [-0.3, -0.25) is 24.7 Å². The van der Waals surface area contributed by atoms with Crippen LogP contribution >= 0.6 is 0 Å². The quantitative estimate of drug-likeness (QED) is 0.703. The molecule has 28 heavy (non-hydrogen) atoms. The molecule has 5 rings (SSSR count). The van der Waals surface area contributed by atoms with E-state index in [1.807, 2.05) is 48.7 Å². The predicted molar refractivity (Wildman–Crippen MR) is 103 cm³/mol. The minimum absolute atomic E-state index is 0.164. The van der Waals surface area contributed by atoms with E-state index in [4.69, 9.17) is 0 Å². The Balaban J connectivity index is 1.47. The summed E-state index contributed by atoms with van der Waals surface area (Å²) in [5.74, 6) is -0.841. The molecule has 0 spiro atoms. The maximum Gasteiger partial charge on any atom is 0.255 e. The fourth-order valence-corrected chi connectivity index (χ4v) is 3.98. The molecule has 6 nitrogen and oxygen atoms in total. The number of carbonyl (C=O) groups excluding carboxylic acids is 3. The van der Waals surface area contributed by atoms with Crippen molar-refractivity contribution < 1.29 is 14.4 Å². The van der Waals surface area contributed by atoms with Crippen LogP contribution in [-0.2, 0) is 16.1 Å². The Bertz CT molecular complexity index is 1150. The number of piperidine rings is 1. The van der Waals surface area contributed by atoms with E-state index in [0.717, 1.165) is 27.6 Å². The van der Waals surface area contributed by atoms with Crippen LogP contribution in [0.15, 0.2) is 54.7 Å². The van der Waals surface area contributed by atoms with E-state index in [1.165, 1.54) is 0 Å². The Hall–Kier alpha value is -3.54. The van der Waals surface area contributed by atoms with Gasteiger partial charge in [0, 0.05) is 35.7 Å². The Kier molecular flexibility index (Phi) is 3.72. The lowest BCUT2D eigenvalue weighted by molar-refractivity contribution is -0.136. The molecule has 138 valence electrons. The van der Waals surface area contributed by atoms with Gasteiger partial charge < -0.3 is 4.90 Å². The summed E-state index contributed by atoms with van der Waals surface area (Å²) in [6, 6.07) is 15.1. The number of aromatic nitrogens is 1. The molecule has 1 fully saturated rings. The number of nitrogens with one attached hydrogen (secondary N) is 1. The van der Waals surface area contributed by atoms with Crippen molar-refractivity contribution in [2.24, 2.45) is 0 Å². The molecule has 0 radical (unpaired) electrons. The van der Waals surface area contributed by atoms with Crippen molar-refractivity contribution in [3.63, 3.8) is 0 Å². The normalized spacial score (nSPS) is 19.1. The largest absolute Gasteiger partial charge is 0.322 e. The number of amides is 3. The molecular formula is C22H17N3O3. The molecule has 3 amide bonds. The average molecular weight is 371 g/mol. The third kappa shape index (κ3) is 2.65. The first-order valence-corrected chi connectivity index (χ1v) is 9.23. The molecule has 0 aliphatic carbocycles. The SMILES string of the molecule is O=C1CCC(N2Cc3cc(-c4cc5ccccc5cn4)ccc3C2=O)C(=O)N1. The van der Waals surface area contributed by atoms with E-state index in [2.05, 4.69) is 10.3 Å². The summed E-state index contributed by atoms with van der Waals surface area (Å²) in [6.07, 6.45) is 2.46. The highest BCUT2D eigenvalue weighted by atomic mass is 16.2. The van der Waals surface area contributed by atoms with E-state index in [-0.39, 0.29) is 18.2 Å². The first-order chi connectivity index (χ1) is 13.6. The summed E-state index contributed by atoms with van der Waals surface area (Å²) in [4.78, 5) is 42.5. The molecule has 0 saturated carbocycles. The smallest absolute Gasteiger partial charge is 0.255 e. The Morgan fingerprint density at radius 1 is 1.00 bits per heavy atom. The van der Waals surface area contributed by atoms with Crippen LogP contribution in [0, 0.1) is 0 Å². The third-order valence-corrected chi connectivity index (χ3v) is 5.45. The molecule has 6 heteroatoms. The van der Waals surface area contributed by atoms with Crippen molar-refractivity contribution >= 4 is 28.5 Å². The number of imide groups is 1. The topological polar surface area (TPSA) is 79.4 Å². The van der Waals surface area contributed by atoms with Crippen LogP contribution in [0.2, 0.25) is 0 Å². The van der Waals surface area contributed by atoms with Crippen molar-refractivity contribution in [2.75, 3.05) is 0 Å². The number of carbonyl (C=O) groups is 3. The lowest BCUT2D eigenvalue weighted by Gasteiger charge is -2.29. The van der Waals surface area contributed by atoms with Gasteiger partial charge in [0.1, 0.15) is 6.04 Å². The van der Waals surface area contributed by atoms with Crippen LogP contribution in [0.4, 0.5) is 0 Å². The van der Waals surface area contributed by atoms with Crippen molar-refractivity contribution in [1.29, 1.82) is 0 Å². The van der Waals surface area contributed by atoms with Crippen LogP contribution in [-0.4, -0.2) is 33.6 Å². The number of hydrogen-bond donors (Lipinski definition) is 1. The van der Waals surface area contributed by atoms with Gasteiger partial charge in [-0.2, -0.15) is 0 Å². The molecule has 2 aliphatic rings. The Morgan fingerprint density at radius 2 is 1.82 bits per heavy atom. The molecule has 0 bridgehead atoms. The zero-order valence-electron chi connectivity index (χ0n) is 15.0. The average Bonchev–Trinajstić information content (AvgIpc) is 3.03. The maximum absolute atomic E-state index is 12.8. The van der Waals surface area contributed by atoms with E-state index in [0.29, 0.717) is 18.5 Å². The van der Waals surface area contributed by atoms with Gasteiger partial charge in [-0.25, -0.2) is 0 Å². The van der Waals surface area contributed by atoms with Crippen LogP contribution in [0.25, 0.3) is 22.0 Å². The minimum Gasteiger partial charge on any atom is -0.322 e. The van der Waals surface area contributed by atoms with E-state index in [9.17, 15) is 14.4 Å². The van der Waals surface area contributed by atoms with Crippen LogP contribution in [0.3, 0.4) is 0 Å². The van der Waals surface area contributed by atoms with Crippen molar-refractivity contribution in [3.05, 3.63) is 65.9 Å². The first-order valence-electron chi connectivity index (χ1n) is 9.23. The fourth-order valence-electron chi connectivity index (χ4n) is 3.98. The van der Waals surface area contributed by atoms with Crippen LogP contribution in [0.1, 0.15) is 28.8 Å². The standard InChI is InChI=1S/C22H17N3O3/c26-20-8-7-19(21(27)24-20)25-12-16-9-14(5-6-17(16)22(25)28)18-10-13-3-1-2-4-15(13)11-23-18/h1-6,9-11,19H,7-8,12H2,(H,24,26,27). The van der Waals surface area contributed by atoms with Gasteiger partial charge in [0.15, 0.2) is 0 Å². The summed E-state index contributed by atoms with van der Waals surface area (Å²) in [7, 11) is 0. The second-order valence-corrected chi connectivity index (χ2v) is 7.19. The summed E-state index contributed by atoms with van der Waals surface area (Å²) in [6.45, 7) is 0.363. The monoisotopic (exact) mass is 371 g/mol. The molecular weight excluding hydrogens is 354 g/mol. The van der Waals surface area contributed by atoms with Crippen LogP contribution in [0.5, 0.6) is 0 Å².